The number of nitrogens with one attached hydrogen (secondary N) is 2. The van der Waals surface area contributed by atoms with Crippen LogP contribution in [0.25, 0.3) is 10.9 Å². The van der Waals surface area contributed by atoms with Gasteiger partial charge in [0, 0.05) is 31.1 Å². The number of hydrogen-bond donors (Lipinski definition) is 2. The Balaban J connectivity index is 1.87. The van der Waals surface area contributed by atoms with Crippen molar-refractivity contribution in [2.75, 3.05) is 20.1 Å². The molecule has 0 atom stereocenters. The van der Waals surface area contributed by atoms with Crippen molar-refractivity contribution in [2.24, 2.45) is 0 Å². The lowest BCUT2D eigenvalue weighted by atomic mass is 10.1. The minimum absolute atomic E-state index is 0.555. The third-order valence-electron chi connectivity index (χ3n) is 3.00. The summed E-state index contributed by atoms with van der Waals surface area (Å²) in [6.07, 6.45) is 1.86. The van der Waals surface area contributed by atoms with Gasteiger partial charge in [0.15, 0.2) is 0 Å². The maximum absolute atomic E-state index is 4.04. The number of rotatable bonds is 6. The fourth-order valence-electron chi connectivity index (χ4n) is 2.02. The lowest BCUT2D eigenvalue weighted by Gasteiger charge is -2.18. The Morgan fingerprint density at radius 3 is 3.00 bits per heavy atom. The van der Waals surface area contributed by atoms with Crippen molar-refractivity contribution >= 4 is 10.9 Å². The molecular formula is C14H22N4. The second-order valence-corrected chi connectivity index (χ2v) is 5.14. The predicted octanol–water partition coefficient (Wildman–Crippen LogP) is 1.99. The molecule has 0 fully saturated rings. The van der Waals surface area contributed by atoms with Crippen LogP contribution in [0.15, 0.2) is 24.4 Å². The molecule has 18 heavy (non-hydrogen) atoms. The summed E-state index contributed by atoms with van der Waals surface area (Å²) in [5.41, 5.74) is 2.43. The van der Waals surface area contributed by atoms with Crippen LogP contribution in [-0.4, -0.2) is 41.3 Å². The third kappa shape index (κ3) is 3.55. The van der Waals surface area contributed by atoms with Crippen LogP contribution < -0.4 is 5.32 Å². The molecule has 4 heteroatoms. The molecule has 1 aromatic heterocycles. The summed E-state index contributed by atoms with van der Waals surface area (Å²) >= 11 is 0. The number of benzene rings is 1. The van der Waals surface area contributed by atoms with Crippen LogP contribution >= 0.6 is 0 Å². The van der Waals surface area contributed by atoms with E-state index in [1.54, 1.807) is 0 Å². The molecular weight excluding hydrogens is 224 g/mol. The summed E-state index contributed by atoms with van der Waals surface area (Å²) in [6.45, 7) is 7.40. The summed E-state index contributed by atoms with van der Waals surface area (Å²) in [5.74, 6) is 0. The second kappa shape index (κ2) is 5.98. The first-order valence-electron chi connectivity index (χ1n) is 6.49. The van der Waals surface area contributed by atoms with Crippen LogP contribution in [0.3, 0.4) is 0 Å². The van der Waals surface area contributed by atoms with Gasteiger partial charge in [-0.15, -0.1) is 0 Å². The van der Waals surface area contributed by atoms with Gasteiger partial charge in [-0.2, -0.15) is 5.10 Å². The average Bonchev–Trinajstić information content (AvgIpc) is 2.75. The fraction of sp³-hybridized carbons (Fsp3) is 0.500. The van der Waals surface area contributed by atoms with Crippen LogP contribution in [0.2, 0.25) is 0 Å². The molecule has 0 saturated heterocycles. The van der Waals surface area contributed by atoms with E-state index in [1.807, 2.05) is 6.20 Å². The van der Waals surface area contributed by atoms with Gasteiger partial charge in [0.25, 0.3) is 0 Å². The van der Waals surface area contributed by atoms with E-state index in [-0.39, 0.29) is 0 Å². The smallest absolute Gasteiger partial charge is 0.0653 e. The monoisotopic (exact) mass is 246 g/mol. The minimum Gasteiger partial charge on any atom is -0.313 e. The number of aromatic amines is 1. The Morgan fingerprint density at radius 1 is 1.39 bits per heavy atom. The van der Waals surface area contributed by atoms with Crippen LogP contribution in [0.4, 0.5) is 0 Å². The van der Waals surface area contributed by atoms with E-state index in [0.29, 0.717) is 6.04 Å². The molecule has 2 aromatic rings. The molecule has 4 nitrogen and oxygen atoms in total. The molecule has 2 rings (SSSR count). The van der Waals surface area contributed by atoms with Crippen molar-refractivity contribution in [3.63, 3.8) is 0 Å². The van der Waals surface area contributed by atoms with E-state index in [4.69, 9.17) is 0 Å². The maximum atomic E-state index is 4.04. The molecule has 0 bridgehead atoms. The van der Waals surface area contributed by atoms with Gasteiger partial charge in [-0.25, -0.2) is 0 Å². The highest BCUT2D eigenvalue weighted by molar-refractivity contribution is 5.78. The molecule has 1 heterocycles. The third-order valence-corrected chi connectivity index (χ3v) is 3.00. The van der Waals surface area contributed by atoms with E-state index in [2.05, 4.69) is 59.5 Å². The van der Waals surface area contributed by atoms with E-state index in [9.17, 15) is 0 Å². The van der Waals surface area contributed by atoms with Gasteiger partial charge >= 0.3 is 0 Å². The Hall–Kier alpha value is -1.39. The molecule has 2 N–H and O–H groups in total. The predicted molar refractivity (Wildman–Crippen MR) is 75.6 cm³/mol. The van der Waals surface area contributed by atoms with Crippen molar-refractivity contribution in [1.82, 2.24) is 20.4 Å². The quantitative estimate of drug-likeness (QED) is 0.819. The van der Waals surface area contributed by atoms with Gasteiger partial charge in [0.1, 0.15) is 0 Å². The highest BCUT2D eigenvalue weighted by atomic mass is 15.1. The molecule has 0 unspecified atom stereocenters. The number of nitrogens with zero attached hydrogens (tertiary/aromatic N) is 2. The first kappa shape index (κ1) is 13.1. The van der Waals surface area contributed by atoms with Crippen LogP contribution in [0.5, 0.6) is 0 Å². The Morgan fingerprint density at radius 2 is 2.22 bits per heavy atom. The zero-order valence-corrected chi connectivity index (χ0v) is 11.4. The van der Waals surface area contributed by atoms with Crippen LogP contribution in [-0.2, 0) is 6.54 Å². The normalized spacial score (nSPS) is 11.8. The van der Waals surface area contributed by atoms with Crippen molar-refractivity contribution < 1.29 is 0 Å². The highest BCUT2D eigenvalue weighted by Gasteiger charge is 2.02. The van der Waals surface area contributed by atoms with Gasteiger partial charge in [-0.3, -0.25) is 5.10 Å². The zero-order valence-electron chi connectivity index (χ0n) is 11.4. The van der Waals surface area contributed by atoms with Crippen LogP contribution in [0.1, 0.15) is 19.4 Å². The molecule has 0 radical (unpaired) electrons. The molecule has 98 valence electrons. The topological polar surface area (TPSA) is 44.0 Å². The van der Waals surface area contributed by atoms with Gasteiger partial charge in [-0.05, 0) is 18.7 Å². The molecule has 1 aromatic carbocycles. The average molecular weight is 246 g/mol. The standard InChI is InChI=1S/C14H22N4/c1-11(2)15-6-7-18(3)10-12-4-5-13-9-16-17-14(13)8-12/h4-5,8-9,11,15H,6-7,10H2,1-3H3,(H,16,17). The molecule has 0 amide bonds. The van der Waals surface area contributed by atoms with Crippen molar-refractivity contribution in [1.29, 1.82) is 0 Å². The maximum Gasteiger partial charge on any atom is 0.0653 e. The number of likely N-dealkylation sites (N-methyl/N-ethyl adjacent to an activating group) is 1. The van der Waals surface area contributed by atoms with Crippen LogP contribution in [0, 0.1) is 0 Å². The zero-order chi connectivity index (χ0) is 13.0. The first-order chi connectivity index (χ1) is 8.65. The van der Waals surface area contributed by atoms with E-state index < -0.39 is 0 Å². The van der Waals surface area contributed by atoms with Gasteiger partial charge in [0.05, 0.1) is 11.7 Å². The van der Waals surface area contributed by atoms with Gasteiger partial charge < -0.3 is 10.2 Å². The highest BCUT2D eigenvalue weighted by Crippen LogP contribution is 2.13. The van der Waals surface area contributed by atoms with E-state index in [1.165, 1.54) is 10.9 Å². The summed E-state index contributed by atoms with van der Waals surface area (Å²) < 4.78 is 0. The van der Waals surface area contributed by atoms with Crippen molar-refractivity contribution in [3.8, 4) is 0 Å². The van der Waals surface area contributed by atoms with E-state index >= 15 is 0 Å². The van der Waals surface area contributed by atoms with Crippen molar-refractivity contribution in [3.05, 3.63) is 30.0 Å². The number of fused-ring (bicyclic) bond motifs is 1. The molecule has 0 aliphatic rings. The van der Waals surface area contributed by atoms with Gasteiger partial charge in [0.2, 0.25) is 0 Å². The Bertz CT molecular complexity index is 489. The molecule has 0 aliphatic carbocycles. The lowest BCUT2D eigenvalue weighted by Crippen LogP contribution is -2.32. The SMILES string of the molecule is CC(C)NCCN(C)Cc1ccc2cn[nH]c2c1. The van der Waals surface area contributed by atoms with E-state index in [0.717, 1.165) is 25.2 Å². The second-order valence-electron chi connectivity index (χ2n) is 5.14. The lowest BCUT2D eigenvalue weighted by molar-refractivity contribution is 0.320. The van der Waals surface area contributed by atoms with Crippen molar-refractivity contribution in [2.45, 2.75) is 26.4 Å². The largest absolute Gasteiger partial charge is 0.313 e. The first-order valence-corrected chi connectivity index (χ1v) is 6.49. The molecule has 0 saturated carbocycles. The summed E-state index contributed by atoms with van der Waals surface area (Å²) in [6, 6.07) is 7.02. The number of hydrogen-bond acceptors (Lipinski definition) is 3. The number of H-pyrrole nitrogens is 1. The molecule has 0 aliphatic heterocycles. The summed E-state index contributed by atoms with van der Waals surface area (Å²) in [5, 5.41) is 11.7. The number of aromatic nitrogens is 2. The van der Waals surface area contributed by atoms with Gasteiger partial charge in [-0.1, -0.05) is 26.0 Å². The molecule has 0 spiro atoms. The fourth-order valence-corrected chi connectivity index (χ4v) is 2.02. The summed E-state index contributed by atoms with van der Waals surface area (Å²) in [4.78, 5) is 2.33. The Kier molecular flexibility index (Phi) is 4.33. The Labute approximate surface area is 108 Å². The minimum atomic E-state index is 0.555. The summed E-state index contributed by atoms with van der Waals surface area (Å²) in [7, 11) is 2.15.